The van der Waals surface area contributed by atoms with E-state index in [1.54, 1.807) is 18.2 Å². The third-order valence-electron chi connectivity index (χ3n) is 2.69. The molecule has 3 nitrogen and oxygen atoms in total. The number of hydrogen-bond acceptors (Lipinski definition) is 2. The largest absolute Gasteiger partial charge is 0.478 e. The van der Waals surface area contributed by atoms with E-state index >= 15 is 0 Å². The van der Waals surface area contributed by atoms with Crippen LogP contribution in [-0.4, -0.2) is 11.1 Å². The molecule has 4 heteroatoms. The lowest BCUT2D eigenvalue weighted by molar-refractivity contribution is 0.0684. The molecule has 0 aliphatic rings. The fourth-order valence-corrected chi connectivity index (χ4v) is 1.98. The van der Waals surface area contributed by atoms with Crippen LogP contribution in [0.25, 0.3) is 0 Å². The smallest absolute Gasteiger partial charge is 0.336 e. The Balaban J connectivity index is 1.96. The summed E-state index contributed by atoms with van der Waals surface area (Å²) in [5.74, 6) is -0.928. The summed E-state index contributed by atoms with van der Waals surface area (Å²) in [6.07, 6.45) is 0. The molecule has 0 unspecified atom stereocenters. The number of halogens is 1. The molecule has 0 spiro atoms. The molecule has 0 aromatic heterocycles. The van der Waals surface area contributed by atoms with Gasteiger partial charge in [0.1, 0.15) is 0 Å². The van der Waals surface area contributed by atoms with E-state index in [4.69, 9.17) is 9.84 Å². The van der Waals surface area contributed by atoms with Gasteiger partial charge in [-0.1, -0.05) is 46.3 Å². The normalized spacial score (nSPS) is 10.4. The van der Waals surface area contributed by atoms with Gasteiger partial charge in [0.2, 0.25) is 0 Å². The van der Waals surface area contributed by atoms with Gasteiger partial charge in [-0.2, -0.15) is 0 Å². The van der Waals surface area contributed by atoms with Gasteiger partial charge in [-0.05, 0) is 29.3 Å². The average Bonchev–Trinajstić information content (AvgIpc) is 2.41. The number of benzene rings is 2. The minimum atomic E-state index is -0.928. The third-order valence-corrected chi connectivity index (χ3v) is 3.22. The van der Waals surface area contributed by atoms with Crippen LogP contribution in [0.1, 0.15) is 21.5 Å². The van der Waals surface area contributed by atoms with Crippen LogP contribution in [-0.2, 0) is 18.0 Å². The molecule has 0 bridgehead atoms. The zero-order valence-electron chi connectivity index (χ0n) is 10.2. The standard InChI is InChI=1S/C15H13BrO3/c16-13-7-5-11(6-8-13)9-19-10-12-3-1-2-4-14(12)15(17)18/h1-8H,9-10H2,(H,17,18). The molecular weight excluding hydrogens is 308 g/mol. The Bertz CT molecular complexity index is 564. The van der Waals surface area contributed by atoms with Crippen molar-refractivity contribution in [3.63, 3.8) is 0 Å². The van der Waals surface area contributed by atoms with Crippen molar-refractivity contribution >= 4 is 21.9 Å². The van der Waals surface area contributed by atoms with E-state index in [-0.39, 0.29) is 0 Å². The molecule has 0 amide bonds. The summed E-state index contributed by atoms with van der Waals surface area (Å²) in [6, 6.07) is 14.7. The van der Waals surface area contributed by atoms with Crippen LogP contribution in [0.5, 0.6) is 0 Å². The highest BCUT2D eigenvalue weighted by molar-refractivity contribution is 9.10. The van der Waals surface area contributed by atoms with Gasteiger partial charge in [0.05, 0.1) is 18.8 Å². The van der Waals surface area contributed by atoms with Crippen LogP contribution in [0.15, 0.2) is 53.0 Å². The van der Waals surface area contributed by atoms with Crippen LogP contribution in [0.2, 0.25) is 0 Å². The van der Waals surface area contributed by atoms with Gasteiger partial charge in [-0.3, -0.25) is 0 Å². The highest BCUT2D eigenvalue weighted by atomic mass is 79.9. The van der Waals surface area contributed by atoms with Gasteiger partial charge < -0.3 is 9.84 Å². The Labute approximate surface area is 120 Å². The summed E-state index contributed by atoms with van der Waals surface area (Å²) in [5.41, 5.74) is 2.03. The van der Waals surface area contributed by atoms with E-state index in [0.29, 0.717) is 24.3 Å². The first-order valence-corrected chi connectivity index (χ1v) is 6.59. The lowest BCUT2D eigenvalue weighted by Crippen LogP contribution is -2.04. The number of carbonyl (C=O) groups is 1. The maximum atomic E-state index is 11.0. The number of carboxylic acid groups (broad SMARTS) is 1. The van der Waals surface area contributed by atoms with Crippen molar-refractivity contribution in [3.05, 3.63) is 69.7 Å². The average molecular weight is 321 g/mol. The number of carboxylic acids is 1. The molecule has 19 heavy (non-hydrogen) atoms. The van der Waals surface area contributed by atoms with Crippen LogP contribution in [0.4, 0.5) is 0 Å². The van der Waals surface area contributed by atoms with E-state index < -0.39 is 5.97 Å². The Hall–Kier alpha value is -1.65. The first-order valence-electron chi connectivity index (χ1n) is 5.80. The molecule has 2 rings (SSSR count). The maximum absolute atomic E-state index is 11.0. The molecule has 0 aliphatic carbocycles. The van der Waals surface area contributed by atoms with Crippen molar-refractivity contribution in [1.29, 1.82) is 0 Å². The topological polar surface area (TPSA) is 46.5 Å². The van der Waals surface area contributed by atoms with Crippen LogP contribution in [0.3, 0.4) is 0 Å². The predicted octanol–water partition coefficient (Wildman–Crippen LogP) is 3.86. The second kappa shape index (κ2) is 6.50. The van der Waals surface area contributed by atoms with Gasteiger partial charge in [-0.25, -0.2) is 4.79 Å². The number of aromatic carboxylic acids is 1. The Morgan fingerprint density at radius 1 is 1.05 bits per heavy atom. The molecule has 0 saturated heterocycles. The molecular formula is C15H13BrO3. The third kappa shape index (κ3) is 3.91. The van der Waals surface area contributed by atoms with E-state index in [9.17, 15) is 4.79 Å². The quantitative estimate of drug-likeness (QED) is 0.909. The molecule has 0 fully saturated rings. The number of ether oxygens (including phenoxy) is 1. The monoisotopic (exact) mass is 320 g/mol. The highest BCUT2D eigenvalue weighted by Crippen LogP contribution is 2.14. The minimum Gasteiger partial charge on any atom is -0.478 e. The molecule has 0 atom stereocenters. The SMILES string of the molecule is O=C(O)c1ccccc1COCc1ccc(Br)cc1. The first kappa shape index (κ1) is 13.8. The number of hydrogen-bond donors (Lipinski definition) is 1. The second-order valence-electron chi connectivity index (χ2n) is 4.08. The zero-order chi connectivity index (χ0) is 13.7. The van der Waals surface area contributed by atoms with E-state index in [2.05, 4.69) is 15.9 Å². The fourth-order valence-electron chi connectivity index (χ4n) is 1.71. The predicted molar refractivity (Wildman–Crippen MR) is 76.0 cm³/mol. The summed E-state index contributed by atoms with van der Waals surface area (Å²) in [4.78, 5) is 11.0. The maximum Gasteiger partial charge on any atom is 0.336 e. The summed E-state index contributed by atoms with van der Waals surface area (Å²) >= 11 is 3.37. The Morgan fingerprint density at radius 2 is 1.74 bits per heavy atom. The summed E-state index contributed by atoms with van der Waals surface area (Å²) in [6.45, 7) is 0.750. The summed E-state index contributed by atoms with van der Waals surface area (Å²) in [5, 5.41) is 9.05. The summed E-state index contributed by atoms with van der Waals surface area (Å²) < 4.78 is 6.58. The molecule has 0 heterocycles. The molecule has 2 aromatic carbocycles. The van der Waals surface area contributed by atoms with Crippen molar-refractivity contribution < 1.29 is 14.6 Å². The lowest BCUT2D eigenvalue weighted by atomic mass is 10.1. The minimum absolute atomic E-state index is 0.290. The summed E-state index contributed by atoms with van der Waals surface area (Å²) in [7, 11) is 0. The van der Waals surface area contributed by atoms with Crippen molar-refractivity contribution in [2.75, 3.05) is 0 Å². The van der Waals surface area contributed by atoms with Gasteiger partial charge in [0.25, 0.3) is 0 Å². The van der Waals surface area contributed by atoms with Crippen molar-refractivity contribution in [1.82, 2.24) is 0 Å². The van der Waals surface area contributed by atoms with E-state index in [1.807, 2.05) is 30.3 Å². The molecule has 1 N–H and O–H groups in total. The van der Waals surface area contributed by atoms with Crippen molar-refractivity contribution in [2.45, 2.75) is 13.2 Å². The second-order valence-corrected chi connectivity index (χ2v) is 5.00. The Morgan fingerprint density at radius 3 is 2.42 bits per heavy atom. The van der Waals surface area contributed by atoms with Crippen molar-refractivity contribution in [3.8, 4) is 0 Å². The molecule has 0 aliphatic heterocycles. The van der Waals surface area contributed by atoms with Crippen molar-refractivity contribution in [2.24, 2.45) is 0 Å². The van der Waals surface area contributed by atoms with E-state index in [1.165, 1.54) is 0 Å². The van der Waals surface area contributed by atoms with Crippen LogP contribution >= 0.6 is 15.9 Å². The fraction of sp³-hybridized carbons (Fsp3) is 0.133. The molecule has 2 aromatic rings. The van der Waals surface area contributed by atoms with Gasteiger partial charge >= 0.3 is 5.97 Å². The first-order chi connectivity index (χ1) is 9.16. The van der Waals surface area contributed by atoms with Gasteiger partial charge in [-0.15, -0.1) is 0 Å². The lowest BCUT2D eigenvalue weighted by Gasteiger charge is -2.07. The zero-order valence-corrected chi connectivity index (χ0v) is 11.8. The molecule has 0 saturated carbocycles. The highest BCUT2D eigenvalue weighted by Gasteiger charge is 2.08. The van der Waals surface area contributed by atoms with Gasteiger partial charge in [0, 0.05) is 4.47 Å². The Kier molecular flexibility index (Phi) is 4.71. The van der Waals surface area contributed by atoms with E-state index in [0.717, 1.165) is 10.0 Å². The molecule has 98 valence electrons. The van der Waals surface area contributed by atoms with Crippen LogP contribution < -0.4 is 0 Å². The van der Waals surface area contributed by atoms with Gasteiger partial charge in [0.15, 0.2) is 0 Å². The number of rotatable bonds is 5. The van der Waals surface area contributed by atoms with Crippen LogP contribution in [0, 0.1) is 0 Å². The molecule has 0 radical (unpaired) electrons.